The molecule has 2 aliphatic rings. The van der Waals surface area contributed by atoms with Crippen LogP contribution in [0, 0.1) is 5.92 Å². The van der Waals surface area contributed by atoms with Gasteiger partial charge in [-0.3, -0.25) is 4.98 Å². The molecular formula is C22H30ClN5O2. The van der Waals surface area contributed by atoms with Crippen molar-refractivity contribution in [2.75, 3.05) is 37.0 Å². The molecule has 0 aromatic carbocycles. The number of hydrogen-bond donors (Lipinski definition) is 2. The Morgan fingerprint density at radius 3 is 2.67 bits per heavy atom. The molecule has 162 valence electrons. The fourth-order valence-electron chi connectivity index (χ4n) is 4.22. The van der Waals surface area contributed by atoms with E-state index in [1.165, 1.54) is 0 Å². The molecule has 0 spiro atoms. The van der Waals surface area contributed by atoms with Gasteiger partial charge in [-0.25, -0.2) is 9.97 Å². The maximum absolute atomic E-state index is 9.71. The first kappa shape index (κ1) is 21.3. The van der Waals surface area contributed by atoms with Crippen molar-refractivity contribution in [1.82, 2.24) is 15.0 Å². The third kappa shape index (κ3) is 5.39. The molecule has 4 rings (SSSR count). The largest absolute Gasteiger partial charge is 0.393 e. The first-order chi connectivity index (χ1) is 14.6. The molecule has 0 bridgehead atoms. The number of pyridine rings is 1. The van der Waals surface area contributed by atoms with Gasteiger partial charge in [-0.15, -0.1) is 0 Å². The minimum atomic E-state index is -0.173. The Morgan fingerprint density at radius 1 is 1.13 bits per heavy atom. The molecule has 8 heteroatoms. The molecule has 2 fully saturated rings. The molecule has 2 N–H and O–H groups in total. The average Bonchev–Trinajstić information content (AvgIpc) is 2.77. The van der Waals surface area contributed by atoms with Gasteiger partial charge in [0.05, 0.1) is 29.2 Å². The minimum absolute atomic E-state index is 0.173. The molecule has 0 amide bonds. The summed E-state index contributed by atoms with van der Waals surface area (Å²) in [7, 11) is 2.06. The number of aliphatic hydroxyl groups is 1. The number of nitrogens with one attached hydrogen (secondary N) is 1. The Labute approximate surface area is 182 Å². The third-order valence-corrected chi connectivity index (χ3v) is 6.37. The normalized spacial score (nSPS) is 22.6. The molecule has 1 aliphatic carbocycles. The van der Waals surface area contributed by atoms with Gasteiger partial charge < -0.3 is 20.1 Å². The van der Waals surface area contributed by atoms with Gasteiger partial charge in [0.15, 0.2) is 0 Å². The molecule has 7 nitrogen and oxygen atoms in total. The number of nitrogens with zero attached hydrogens (tertiary/aromatic N) is 4. The van der Waals surface area contributed by atoms with Gasteiger partial charge in [0.1, 0.15) is 11.6 Å². The zero-order chi connectivity index (χ0) is 20.9. The highest BCUT2D eigenvalue weighted by atomic mass is 35.5. The van der Waals surface area contributed by atoms with Crippen LogP contribution in [0.2, 0.25) is 5.02 Å². The summed E-state index contributed by atoms with van der Waals surface area (Å²) in [5, 5.41) is 13.7. The van der Waals surface area contributed by atoms with Crippen LogP contribution >= 0.6 is 11.6 Å². The van der Waals surface area contributed by atoms with Crippen LogP contribution in [0.3, 0.4) is 0 Å². The number of rotatable bonds is 6. The zero-order valence-corrected chi connectivity index (χ0v) is 18.2. The van der Waals surface area contributed by atoms with Crippen LogP contribution in [0.15, 0.2) is 24.7 Å². The molecule has 1 saturated carbocycles. The molecule has 0 radical (unpaired) electrons. The number of aliphatic hydroxyl groups excluding tert-OH is 1. The van der Waals surface area contributed by atoms with E-state index in [2.05, 4.69) is 27.2 Å². The Balaban J connectivity index is 1.48. The number of aromatic nitrogens is 3. The van der Waals surface area contributed by atoms with Gasteiger partial charge in [0, 0.05) is 44.6 Å². The lowest BCUT2D eigenvalue weighted by Gasteiger charge is -2.28. The number of hydrogen-bond acceptors (Lipinski definition) is 7. The fraction of sp³-hybridized carbons (Fsp3) is 0.591. The van der Waals surface area contributed by atoms with Crippen LogP contribution < -0.4 is 10.2 Å². The maximum Gasteiger partial charge on any atom is 0.147 e. The lowest BCUT2D eigenvalue weighted by atomic mass is 9.93. The van der Waals surface area contributed by atoms with Gasteiger partial charge in [0.25, 0.3) is 0 Å². The van der Waals surface area contributed by atoms with Crippen molar-refractivity contribution < 1.29 is 9.84 Å². The van der Waals surface area contributed by atoms with E-state index in [1.54, 1.807) is 18.6 Å². The second-order valence-corrected chi connectivity index (χ2v) is 8.81. The van der Waals surface area contributed by atoms with Crippen LogP contribution in [0.5, 0.6) is 0 Å². The van der Waals surface area contributed by atoms with Crippen LogP contribution in [0.4, 0.5) is 11.6 Å². The van der Waals surface area contributed by atoms with Crippen molar-refractivity contribution >= 4 is 23.2 Å². The van der Waals surface area contributed by atoms with Gasteiger partial charge in [0.2, 0.25) is 0 Å². The summed E-state index contributed by atoms with van der Waals surface area (Å²) >= 11 is 6.46. The van der Waals surface area contributed by atoms with E-state index in [-0.39, 0.29) is 6.10 Å². The van der Waals surface area contributed by atoms with Crippen molar-refractivity contribution in [2.45, 2.75) is 50.7 Å². The number of halogens is 1. The number of anilines is 2. The SMILES string of the molecule is CN(CC1CCOCC1)c1cncc(-c2cc(N[C@H]3CC[C@H](O)CC3)ncc2Cl)n1. The Hall–Kier alpha value is -1.96. The van der Waals surface area contributed by atoms with E-state index in [9.17, 15) is 5.11 Å². The summed E-state index contributed by atoms with van der Waals surface area (Å²) in [4.78, 5) is 15.8. The average molecular weight is 432 g/mol. The molecule has 0 atom stereocenters. The molecule has 3 heterocycles. The van der Waals surface area contributed by atoms with Gasteiger partial charge in [-0.1, -0.05) is 11.6 Å². The molecule has 0 unspecified atom stereocenters. The standard InChI is InChI=1S/C22H30ClN5O2/c1-28(14-15-6-8-30-9-7-15)22-13-24-12-20(27-22)18-10-21(25-11-19(18)23)26-16-2-4-17(29)5-3-16/h10-13,15-17,29H,2-9,14H2,1H3,(H,25,26)/t16-,17-. The van der Waals surface area contributed by atoms with Crippen molar-refractivity contribution in [3.05, 3.63) is 29.7 Å². The predicted octanol–water partition coefficient (Wildman–Crippen LogP) is 3.77. The van der Waals surface area contributed by atoms with Crippen LogP contribution in [0.1, 0.15) is 38.5 Å². The third-order valence-electron chi connectivity index (χ3n) is 6.07. The summed E-state index contributed by atoms with van der Waals surface area (Å²) < 4.78 is 5.46. The van der Waals surface area contributed by atoms with Crippen LogP contribution in [-0.2, 0) is 4.74 Å². The predicted molar refractivity (Wildman–Crippen MR) is 119 cm³/mol. The van der Waals surface area contributed by atoms with Gasteiger partial charge in [-0.2, -0.15) is 0 Å². The van der Waals surface area contributed by atoms with Crippen molar-refractivity contribution in [2.24, 2.45) is 5.92 Å². The highest BCUT2D eigenvalue weighted by Gasteiger charge is 2.20. The summed E-state index contributed by atoms with van der Waals surface area (Å²) in [5.74, 6) is 2.23. The van der Waals surface area contributed by atoms with Crippen LogP contribution in [-0.4, -0.2) is 59.0 Å². The second-order valence-electron chi connectivity index (χ2n) is 8.40. The molecule has 30 heavy (non-hydrogen) atoms. The quantitative estimate of drug-likeness (QED) is 0.720. The molecule has 1 aliphatic heterocycles. The van der Waals surface area contributed by atoms with Crippen molar-refractivity contribution in [1.29, 1.82) is 0 Å². The fourth-order valence-corrected chi connectivity index (χ4v) is 4.42. The molecule has 1 saturated heterocycles. The smallest absolute Gasteiger partial charge is 0.147 e. The van der Waals surface area contributed by atoms with E-state index in [0.717, 1.165) is 81.2 Å². The minimum Gasteiger partial charge on any atom is -0.393 e. The van der Waals surface area contributed by atoms with Crippen molar-refractivity contribution in [3.63, 3.8) is 0 Å². The summed E-state index contributed by atoms with van der Waals surface area (Å²) in [6.45, 7) is 2.62. The molecule has 2 aromatic rings. The Morgan fingerprint density at radius 2 is 1.90 bits per heavy atom. The summed E-state index contributed by atoms with van der Waals surface area (Å²) in [5.41, 5.74) is 1.56. The van der Waals surface area contributed by atoms with E-state index in [0.29, 0.717) is 17.0 Å². The monoisotopic (exact) mass is 431 g/mol. The van der Waals surface area contributed by atoms with E-state index in [4.69, 9.17) is 21.3 Å². The zero-order valence-electron chi connectivity index (χ0n) is 17.4. The first-order valence-electron chi connectivity index (χ1n) is 10.8. The van der Waals surface area contributed by atoms with E-state index < -0.39 is 0 Å². The van der Waals surface area contributed by atoms with Crippen LogP contribution in [0.25, 0.3) is 11.3 Å². The maximum atomic E-state index is 9.71. The number of ether oxygens (including phenoxy) is 1. The Kier molecular flexibility index (Phi) is 7.02. The lowest BCUT2D eigenvalue weighted by Crippen LogP contribution is -2.30. The highest BCUT2D eigenvalue weighted by molar-refractivity contribution is 6.33. The van der Waals surface area contributed by atoms with Gasteiger partial charge in [-0.05, 0) is 50.5 Å². The lowest BCUT2D eigenvalue weighted by molar-refractivity contribution is 0.0685. The summed E-state index contributed by atoms with van der Waals surface area (Å²) in [6.07, 6.45) is 10.7. The van der Waals surface area contributed by atoms with E-state index in [1.807, 2.05) is 6.07 Å². The van der Waals surface area contributed by atoms with E-state index >= 15 is 0 Å². The highest BCUT2D eigenvalue weighted by Crippen LogP contribution is 2.30. The Bertz CT molecular complexity index is 838. The topological polar surface area (TPSA) is 83.4 Å². The molecular weight excluding hydrogens is 402 g/mol. The van der Waals surface area contributed by atoms with Crippen molar-refractivity contribution in [3.8, 4) is 11.3 Å². The van der Waals surface area contributed by atoms with Gasteiger partial charge >= 0.3 is 0 Å². The first-order valence-corrected chi connectivity index (χ1v) is 11.2. The molecule has 2 aromatic heterocycles. The second kappa shape index (κ2) is 9.90. The summed E-state index contributed by atoms with van der Waals surface area (Å²) in [6, 6.07) is 2.26.